The van der Waals surface area contributed by atoms with Gasteiger partial charge in [0, 0.05) is 56.6 Å². The van der Waals surface area contributed by atoms with Gasteiger partial charge in [-0.2, -0.15) is 0 Å². The fraction of sp³-hybridized carbons (Fsp3) is 0.458. The van der Waals surface area contributed by atoms with E-state index in [1.54, 1.807) is 21.3 Å². The Bertz CT molecular complexity index is 832. The number of aliphatic imine (C=N–C) groups is 1. The zero-order valence-electron chi connectivity index (χ0n) is 19.0. The van der Waals surface area contributed by atoms with Crippen molar-refractivity contribution in [1.82, 2.24) is 10.6 Å². The van der Waals surface area contributed by atoms with E-state index in [0.717, 1.165) is 67.8 Å². The fourth-order valence-corrected chi connectivity index (χ4v) is 3.77. The van der Waals surface area contributed by atoms with Crippen LogP contribution in [0.3, 0.4) is 0 Å². The Balaban J connectivity index is 1.45. The second-order valence-corrected chi connectivity index (χ2v) is 7.60. The van der Waals surface area contributed by atoms with Gasteiger partial charge in [0.05, 0.1) is 21.3 Å². The maximum Gasteiger partial charge on any atom is 0.191 e. The molecule has 0 aliphatic carbocycles. The van der Waals surface area contributed by atoms with Gasteiger partial charge < -0.3 is 29.7 Å². The minimum absolute atomic E-state index is 0.338. The molecule has 0 bridgehead atoms. The minimum atomic E-state index is 0.338. The van der Waals surface area contributed by atoms with Crippen LogP contribution in [0, 0.1) is 0 Å². The van der Waals surface area contributed by atoms with Gasteiger partial charge in [-0.05, 0) is 37.0 Å². The average molecular weight is 427 g/mol. The van der Waals surface area contributed by atoms with Crippen LogP contribution in [0.4, 0.5) is 5.69 Å². The molecule has 2 aromatic rings. The van der Waals surface area contributed by atoms with Crippen LogP contribution in [0.5, 0.6) is 17.2 Å². The molecule has 1 unspecified atom stereocenters. The smallest absolute Gasteiger partial charge is 0.191 e. The Kier molecular flexibility index (Phi) is 8.27. The number of aryl methyl sites for hydroxylation is 1. The molecule has 0 spiro atoms. The summed E-state index contributed by atoms with van der Waals surface area (Å²) in [5, 5.41) is 6.99. The fourth-order valence-electron chi connectivity index (χ4n) is 3.77. The lowest BCUT2D eigenvalue weighted by Crippen LogP contribution is -2.44. The molecule has 0 aromatic heterocycles. The molecule has 2 N–H and O–H groups in total. The maximum atomic E-state index is 5.41. The van der Waals surface area contributed by atoms with Gasteiger partial charge in [0.25, 0.3) is 0 Å². The first-order valence-electron chi connectivity index (χ1n) is 10.7. The Morgan fingerprint density at radius 3 is 2.29 bits per heavy atom. The summed E-state index contributed by atoms with van der Waals surface area (Å²) in [5.74, 6) is 3.36. The molecule has 168 valence electrons. The van der Waals surface area contributed by atoms with Gasteiger partial charge in [0.2, 0.25) is 0 Å². The van der Waals surface area contributed by atoms with Crippen LogP contribution in [0.2, 0.25) is 0 Å². The second kappa shape index (κ2) is 11.3. The highest BCUT2D eigenvalue weighted by Crippen LogP contribution is 2.30. The standard InChI is InChI=1S/C24H34N4O3/c1-25-24(26-12-5-6-18-7-9-21(29-2)10-8-18)27-19-11-13-28(17-19)20-14-22(30-3)16-23(15-20)31-4/h7-10,14-16,19H,5-6,11-13,17H2,1-4H3,(H2,25,26,27). The van der Waals surface area contributed by atoms with E-state index in [2.05, 4.69) is 44.8 Å². The molecular weight excluding hydrogens is 392 g/mol. The lowest BCUT2D eigenvalue weighted by molar-refractivity contribution is 0.394. The highest BCUT2D eigenvalue weighted by molar-refractivity contribution is 5.80. The van der Waals surface area contributed by atoms with Crippen molar-refractivity contribution in [3.8, 4) is 17.2 Å². The molecule has 3 rings (SSSR count). The minimum Gasteiger partial charge on any atom is -0.497 e. The van der Waals surface area contributed by atoms with Gasteiger partial charge in [-0.3, -0.25) is 4.99 Å². The SMILES string of the molecule is CN=C(NCCCc1ccc(OC)cc1)NC1CCN(c2cc(OC)cc(OC)c2)C1. The Hall–Kier alpha value is -3.09. The summed E-state index contributed by atoms with van der Waals surface area (Å²) in [4.78, 5) is 6.74. The van der Waals surface area contributed by atoms with E-state index in [1.807, 2.05) is 25.2 Å². The highest BCUT2D eigenvalue weighted by Gasteiger charge is 2.24. The van der Waals surface area contributed by atoms with E-state index >= 15 is 0 Å². The zero-order chi connectivity index (χ0) is 22.1. The quantitative estimate of drug-likeness (QED) is 0.365. The number of hydrogen-bond donors (Lipinski definition) is 2. The van der Waals surface area contributed by atoms with Crippen molar-refractivity contribution in [2.45, 2.75) is 25.3 Å². The monoisotopic (exact) mass is 426 g/mol. The molecule has 1 fully saturated rings. The third kappa shape index (κ3) is 6.44. The summed E-state index contributed by atoms with van der Waals surface area (Å²) in [6.45, 7) is 2.75. The van der Waals surface area contributed by atoms with Crippen molar-refractivity contribution >= 4 is 11.6 Å². The van der Waals surface area contributed by atoms with Crippen LogP contribution in [-0.4, -0.2) is 60.0 Å². The van der Waals surface area contributed by atoms with Crippen molar-refractivity contribution in [3.63, 3.8) is 0 Å². The molecule has 1 saturated heterocycles. The summed E-state index contributed by atoms with van der Waals surface area (Å²) >= 11 is 0. The van der Waals surface area contributed by atoms with Crippen molar-refractivity contribution in [1.29, 1.82) is 0 Å². The van der Waals surface area contributed by atoms with Crippen molar-refractivity contribution in [2.24, 2.45) is 4.99 Å². The maximum absolute atomic E-state index is 5.41. The number of guanidine groups is 1. The van der Waals surface area contributed by atoms with Gasteiger partial charge in [-0.15, -0.1) is 0 Å². The number of nitrogens with one attached hydrogen (secondary N) is 2. The van der Waals surface area contributed by atoms with E-state index in [9.17, 15) is 0 Å². The van der Waals surface area contributed by atoms with E-state index in [1.165, 1.54) is 5.56 Å². The first-order chi connectivity index (χ1) is 15.1. The topological polar surface area (TPSA) is 67.4 Å². The molecule has 7 nitrogen and oxygen atoms in total. The molecule has 1 aliphatic heterocycles. The first kappa shape index (κ1) is 22.6. The number of rotatable bonds is 9. The van der Waals surface area contributed by atoms with Gasteiger partial charge in [-0.1, -0.05) is 12.1 Å². The summed E-state index contributed by atoms with van der Waals surface area (Å²) in [6.07, 6.45) is 3.10. The summed E-state index contributed by atoms with van der Waals surface area (Å²) < 4.78 is 16.0. The van der Waals surface area contributed by atoms with Gasteiger partial charge >= 0.3 is 0 Å². The third-order valence-corrected chi connectivity index (χ3v) is 5.55. The molecule has 31 heavy (non-hydrogen) atoms. The predicted octanol–water partition coefficient (Wildman–Crippen LogP) is 3.09. The number of ether oxygens (including phenoxy) is 3. The van der Waals surface area contributed by atoms with Crippen molar-refractivity contribution < 1.29 is 14.2 Å². The molecular formula is C24H34N4O3. The van der Waals surface area contributed by atoms with Crippen LogP contribution < -0.4 is 29.7 Å². The number of benzene rings is 2. The summed E-state index contributed by atoms with van der Waals surface area (Å²) in [7, 11) is 6.86. The Morgan fingerprint density at radius 1 is 1.00 bits per heavy atom. The predicted molar refractivity (Wildman–Crippen MR) is 126 cm³/mol. The average Bonchev–Trinajstić information content (AvgIpc) is 3.29. The van der Waals surface area contributed by atoms with Crippen LogP contribution >= 0.6 is 0 Å². The van der Waals surface area contributed by atoms with Crippen molar-refractivity contribution in [2.75, 3.05) is 52.9 Å². The number of anilines is 1. The molecule has 0 radical (unpaired) electrons. The molecule has 0 saturated carbocycles. The van der Waals surface area contributed by atoms with Crippen LogP contribution in [0.1, 0.15) is 18.4 Å². The van der Waals surface area contributed by atoms with E-state index in [-0.39, 0.29) is 0 Å². The van der Waals surface area contributed by atoms with Crippen LogP contribution in [-0.2, 0) is 6.42 Å². The van der Waals surface area contributed by atoms with Crippen LogP contribution in [0.25, 0.3) is 0 Å². The van der Waals surface area contributed by atoms with Crippen molar-refractivity contribution in [3.05, 3.63) is 48.0 Å². The summed E-state index contributed by atoms with van der Waals surface area (Å²) in [6, 6.07) is 14.6. The Morgan fingerprint density at radius 2 is 1.68 bits per heavy atom. The Labute approximate surface area is 185 Å². The lowest BCUT2D eigenvalue weighted by atomic mass is 10.1. The number of hydrogen-bond acceptors (Lipinski definition) is 5. The summed E-state index contributed by atoms with van der Waals surface area (Å²) in [5.41, 5.74) is 2.42. The molecule has 2 aromatic carbocycles. The molecule has 1 heterocycles. The lowest BCUT2D eigenvalue weighted by Gasteiger charge is -2.21. The van der Waals surface area contributed by atoms with Gasteiger partial charge in [0.15, 0.2) is 5.96 Å². The number of nitrogens with zero attached hydrogens (tertiary/aromatic N) is 2. The zero-order valence-corrected chi connectivity index (χ0v) is 19.0. The van der Waals surface area contributed by atoms with Gasteiger partial charge in [-0.25, -0.2) is 0 Å². The molecule has 0 amide bonds. The first-order valence-corrected chi connectivity index (χ1v) is 10.7. The molecule has 1 atom stereocenters. The molecule has 1 aliphatic rings. The highest BCUT2D eigenvalue weighted by atomic mass is 16.5. The molecule has 7 heteroatoms. The van der Waals surface area contributed by atoms with E-state index < -0.39 is 0 Å². The second-order valence-electron chi connectivity index (χ2n) is 7.60. The van der Waals surface area contributed by atoms with E-state index in [4.69, 9.17) is 14.2 Å². The normalized spacial score (nSPS) is 16.2. The number of methoxy groups -OCH3 is 3. The largest absolute Gasteiger partial charge is 0.497 e. The van der Waals surface area contributed by atoms with Crippen LogP contribution in [0.15, 0.2) is 47.5 Å². The third-order valence-electron chi connectivity index (χ3n) is 5.55. The van der Waals surface area contributed by atoms with E-state index in [0.29, 0.717) is 6.04 Å². The van der Waals surface area contributed by atoms with Gasteiger partial charge in [0.1, 0.15) is 17.2 Å².